The number of hydrogen-bond acceptors (Lipinski definition) is 3. The highest BCUT2D eigenvalue weighted by molar-refractivity contribution is 7.09. The topological polar surface area (TPSA) is 15.6 Å². The lowest BCUT2D eigenvalue weighted by Crippen LogP contribution is -2.58. The number of rotatable bonds is 5. The summed E-state index contributed by atoms with van der Waals surface area (Å²) in [6, 6.07) is 21.2. The summed E-state index contributed by atoms with van der Waals surface area (Å²) in [6.07, 6.45) is 2.41. The summed E-state index contributed by atoms with van der Waals surface area (Å²) in [5.74, 6) is 0.707. The van der Waals surface area contributed by atoms with Gasteiger partial charge in [0.2, 0.25) is 0 Å². The van der Waals surface area contributed by atoms with Crippen molar-refractivity contribution >= 4 is 40.3 Å². The molecule has 2 bridgehead atoms. The quantitative estimate of drug-likeness (QED) is 0.408. The third kappa shape index (κ3) is 3.97. The Morgan fingerprint density at radius 3 is 2.50 bits per heavy atom. The molecule has 2 unspecified atom stereocenters. The van der Waals surface area contributed by atoms with E-state index in [-0.39, 0.29) is 12.0 Å². The van der Waals surface area contributed by atoms with Crippen LogP contribution in [0.1, 0.15) is 34.8 Å². The fourth-order valence-electron chi connectivity index (χ4n) is 5.02. The predicted octanol–water partition coefficient (Wildman–Crippen LogP) is 6.92. The van der Waals surface area contributed by atoms with Crippen LogP contribution in [0.3, 0.4) is 0 Å². The van der Waals surface area contributed by atoms with Gasteiger partial charge in [0, 0.05) is 32.5 Å². The van der Waals surface area contributed by atoms with Gasteiger partial charge in [-0.15, -0.1) is 11.3 Å². The molecule has 3 fully saturated rings. The molecule has 0 N–H and O–H groups in total. The smallest absolute Gasteiger partial charge is 0.0732 e. The number of nitrogens with zero attached hydrogens (tertiary/aromatic N) is 2. The van der Waals surface area contributed by atoms with Crippen LogP contribution in [0.4, 0.5) is 0 Å². The van der Waals surface area contributed by atoms with E-state index in [0.717, 1.165) is 30.2 Å². The van der Waals surface area contributed by atoms with Crippen LogP contribution in [0.25, 0.3) is 0 Å². The highest BCUT2D eigenvalue weighted by atomic mass is 35.5. The van der Waals surface area contributed by atoms with Crippen LogP contribution in [0.2, 0.25) is 10.0 Å². The SMILES string of the molecule is Clc1ccc(C(c2ccccc2)C2/C(=N/Cc3cccs3)C3CCN2CC3)c(Cl)c1. The summed E-state index contributed by atoms with van der Waals surface area (Å²) in [6.45, 7) is 3.02. The number of aliphatic imine (C=N–C) groups is 1. The summed E-state index contributed by atoms with van der Waals surface area (Å²) >= 11 is 14.8. The van der Waals surface area contributed by atoms with Gasteiger partial charge in [-0.2, -0.15) is 0 Å². The van der Waals surface area contributed by atoms with Gasteiger partial charge < -0.3 is 0 Å². The lowest BCUT2D eigenvalue weighted by atomic mass is 9.72. The van der Waals surface area contributed by atoms with Crippen molar-refractivity contribution in [3.63, 3.8) is 0 Å². The van der Waals surface area contributed by atoms with Crippen molar-refractivity contribution in [2.75, 3.05) is 13.1 Å². The molecule has 0 saturated carbocycles. The van der Waals surface area contributed by atoms with E-state index in [4.69, 9.17) is 28.2 Å². The van der Waals surface area contributed by atoms with Gasteiger partial charge in [0.1, 0.15) is 0 Å². The first-order valence-corrected chi connectivity index (χ1v) is 12.1. The monoisotopic (exact) mass is 454 g/mol. The zero-order valence-electron chi connectivity index (χ0n) is 16.7. The molecule has 0 amide bonds. The van der Waals surface area contributed by atoms with Gasteiger partial charge in [0.25, 0.3) is 0 Å². The molecule has 154 valence electrons. The van der Waals surface area contributed by atoms with Gasteiger partial charge in [0.15, 0.2) is 0 Å². The summed E-state index contributed by atoms with van der Waals surface area (Å²) in [5.41, 5.74) is 3.76. The van der Waals surface area contributed by atoms with E-state index < -0.39 is 0 Å². The van der Waals surface area contributed by atoms with E-state index in [9.17, 15) is 0 Å². The molecule has 0 aliphatic carbocycles. The molecule has 2 atom stereocenters. The fourth-order valence-corrected chi connectivity index (χ4v) is 6.18. The molecule has 2 aromatic carbocycles. The minimum absolute atomic E-state index is 0.140. The number of hydrogen-bond donors (Lipinski definition) is 0. The molecule has 3 saturated heterocycles. The van der Waals surface area contributed by atoms with Crippen molar-refractivity contribution in [2.45, 2.75) is 31.3 Å². The largest absolute Gasteiger partial charge is 0.294 e. The van der Waals surface area contributed by atoms with Crippen LogP contribution in [0.15, 0.2) is 71.0 Å². The van der Waals surface area contributed by atoms with Crippen molar-refractivity contribution in [1.82, 2.24) is 4.90 Å². The molecule has 4 heterocycles. The minimum Gasteiger partial charge on any atom is -0.294 e. The molecule has 0 radical (unpaired) electrons. The Bertz CT molecular complexity index is 1020. The van der Waals surface area contributed by atoms with E-state index in [1.807, 2.05) is 12.1 Å². The second-order valence-corrected chi connectivity index (χ2v) is 10.0. The summed E-state index contributed by atoms with van der Waals surface area (Å²) in [4.78, 5) is 9.16. The first-order chi connectivity index (χ1) is 14.7. The maximum Gasteiger partial charge on any atom is 0.0732 e. The average molecular weight is 455 g/mol. The second-order valence-electron chi connectivity index (χ2n) is 8.13. The molecule has 3 aromatic rings. The van der Waals surface area contributed by atoms with E-state index in [0.29, 0.717) is 10.9 Å². The molecule has 30 heavy (non-hydrogen) atoms. The van der Waals surface area contributed by atoms with Gasteiger partial charge in [-0.05, 0) is 60.6 Å². The molecule has 6 rings (SSSR count). The molecular formula is C25H24Cl2N2S. The van der Waals surface area contributed by atoms with Gasteiger partial charge in [-0.3, -0.25) is 9.89 Å². The zero-order valence-corrected chi connectivity index (χ0v) is 19.0. The van der Waals surface area contributed by atoms with E-state index in [1.165, 1.54) is 29.0 Å². The molecule has 2 nitrogen and oxygen atoms in total. The molecular weight excluding hydrogens is 431 g/mol. The number of fused-ring (bicyclic) bond motifs is 3. The van der Waals surface area contributed by atoms with Gasteiger partial charge in [0.05, 0.1) is 12.6 Å². The first kappa shape index (κ1) is 20.3. The lowest BCUT2D eigenvalue weighted by molar-refractivity contribution is 0.135. The Balaban J connectivity index is 1.61. The Hall–Kier alpha value is -1.65. The average Bonchev–Trinajstić information content (AvgIpc) is 3.29. The molecule has 3 aliphatic rings. The van der Waals surface area contributed by atoms with Crippen molar-refractivity contribution < 1.29 is 0 Å². The van der Waals surface area contributed by atoms with Crippen molar-refractivity contribution in [2.24, 2.45) is 10.9 Å². The van der Waals surface area contributed by atoms with E-state index in [1.54, 1.807) is 11.3 Å². The first-order valence-electron chi connectivity index (χ1n) is 10.5. The summed E-state index contributed by atoms with van der Waals surface area (Å²) in [7, 11) is 0. The molecule has 5 heteroatoms. The minimum atomic E-state index is 0.140. The Kier molecular flexibility index (Phi) is 5.97. The van der Waals surface area contributed by atoms with Gasteiger partial charge in [-0.25, -0.2) is 0 Å². The number of benzene rings is 2. The third-order valence-corrected chi connectivity index (χ3v) is 7.84. The predicted molar refractivity (Wildman–Crippen MR) is 128 cm³/mol. The Morgan fingerprint density at radius 2 is 1.80 bits per heavy atom. The summed E-state index contributed by atoms with van der Waals surface area (Å²) in [5, 5.41) is 3.54. The van der Waals surface area contributed by atoms with Gasteiger partial charge in [-0.1, -0.05) is 65.7 Å². The van der Waals surface area contributed by atoms with Crippen LogP contribution < -0.4 is 0 Å². The van der Waals surface area contributed by atoms with Crippen LogP contribution >= 0.6 is 34.5 Å². The van der Waals surface area contributed by atoms with E-state index >= 15 is 0 Å². The Labute approximate surface area is 192 Å². The Morgan fingerprint density at radius 1 is 1.00 bits per heavy atom. The maximum absolute atomic E-state index is 6.76. The van der Waals surface area contributed by atoms with Crippen LogP contribution in [0.5, 0.6) is 0 Å². The van der Waals surface area contributed by atoms with Crippen molar-refractivity contribution in [1.29, 1.82) is 0 Å². The highest BCUT2D eigenvalue weighted by Gasteiger charge is 2.44. The highest BCUT2D eigenvalue weighted by Crippen LogP contribution is 2.43. The normalized spacial score (nSPS) is 25.5. The standard InChI is InChI=1S/C25H24Cl2N2S/c26-19-8-9-21(22(27)15-19)23(17-5-2-1-3-6-17)25-24(18-10-12-29(25)13-11-18)28-16-20-7-4-14-30-20/h1-9,14-15,18,23,25H,10-13,16H2/b28-24+. The van der Waals surface area contributed by atoms with Crippen molar-refractivity contribution in [3.8, 4) is 0 Å². The van der Waals surface area contributed by atoms with Crippen molar-refractivity contribution in [3.05, 3.63) is 92.1 Å². The second kappa shape index (κ2) is 8.84. The van der Waals surface area contributed by atoms with E-state index in [2.05, 4.69) is 58.8 Å². The van der Waals surface area contributed by atoms with Gasteiger partial charge >= 0.3 is 0 Å². The number of piperidine rings is 3. The molecule has 1 aromatic heterocycles. The molecule has 0 spiro atoms. The van der Waals surface area contributed by atoms with Crippen LogP contribution in [-0.4, -0.2) is 29.7 Å². The van der Waals surface area contributed by atoms with Crippen LogP contribution in [0, 0.1) is 5.92 Å². The fraction of sp³-hybridized carbons (Fsp3) is 0.320. The zero-order chi connectivity index (χ0) is 20.5. The third-order valence-electron chi connectivity index (χ3n) is 6.41. The maximum atomic E-state index is 6.76. The number of thiophene rings is 1. The lowest BCUT2D eigenvalue weighted by Gasteiger charge is -2.49. The molecule has 3 aliphatic heterocycles. The van der Waals surface area contributed by atoms with Crippen LogP contribution in [-0.2, 0) is 6.54 Å². The number of halogens is 2. The summed E-state index contributed by atoms with van der Waals surface area (Å²) < 4.78 is 0.